The Morgan fingerprint density at radius 2 is 1.81 bits per heavy atom. The molecule has 3 aromatic rings. The molecule has 0 fully saturated rings. The average molecular weight is 373 g/mol. The number of alkyl halides is 3. The molecule has 0 unspecified atom stereocenters. The van der Waals surface area contributed by atoms with Gasteiger partial charge in [0.15, 0.2) is 0 Å². The number of nitrogens with one attached hydrogen (secondary N) is 2. The molecular formula is C18H14F3N5O. The molecule has 27 heavy (non-hydrogen) atoms. The highest BCUT2D eigenvalue weighted by molar-refractivity contribution is 6.02. The maximum absolute atomic E-state index is 12.7. The lowest BCUT2D eigenvalue weighted by atomic mass is 10.2. The number of amides is 1. The van der Waals surface area contributed by atoms with E-state index in [2.05, 4.69) is 25.6 Å². The van der Waals surface area contributed by atoms with E-state index in [1.165, 1.54) is 24.5 Å². The largest absolute Gasteiger partial charge is 0.416 e. The molecule has 0 aliphatic heterocycles. The van der Waals surface area contributed by atoms with Gasteiger partial charge >= 0.3 is 6.18 Å². The van der Waals surface area contributed by atoms with E-state index in [9.17, 15) is 18.0 Å². The molecule has 0 saturated carbocycles. The molecule has 138 valence electrons. The third-order valence-corrected chi connectivity index (χ3v) is 3.56. The molecule has 9 heteroatoms. The van der Waals surface area contributed by atoms with Crippen molar-refractivity contribution in [3.05, 3.63) is 78.0 Å². The molecule has 3 rings (SSSR count). The maximum Gasteiger partial charge on any atom is 0.416 e. The van der Waals surface area contributed by atoms with Crippen molar-refractivity contribution < 1.29 is 18.0 Å². The first-order valence-electron chi connectivity index (χ1n) is 7.85. The van der Waals surface area contributed by atoms with Crippen molar-refractivity contribution in [1.82, 2.24) is 15.0 Å². The fourth-order valence-corrected chi connectivity index (χ4v) is 2.20. The van der Waals surface area contributed by atoms with Gasteiger partial charge in [0.25, 0.3) is 5.91 Å². The normalized spacial score (nSPS) is 11.1. The van der Waals surface area contributed by atoms with Crippen LogP contribution in [-0.4, -0.2) is 20.9 Å². The van der Waals surface area contributed by atoms with Gasteiger partial charge in [-0.05, 0) is 35.9 Å². The topological polar surface area (TPSA) is 79.8 Å². The van der Waals surface area contributed by atoms with Crippen molar-refractivity contribution in [1.29, 1.82) is 0 Å². The lowest BCUT2D eigenvalue weighted by Gasteiger charge is -2.10. The van der Waals surface area contributed by atoms with Crippen LogP contribution >= 0.6 is 0 Å². The minimum atomic E-state index is -4.48. The summed E-state index contributed by atoms with van der Waals surface area (Å²) in [7, 11) is 0. The van der Waals surface area contributed by atoms with E-state index < -0.39 is 17.6 Å². The summed E-state index contributed by atoms with van der Waals surface area (Å²) in [6.07, 6.45) is 1.48. The predicted molar refractivity (Wildman–Crippen MR) is 93.0 cm³/mol. The molecule has 2 N–H and O–H groups in total. The predicted octanol–water partition coefficient (Wildman–Crippen LogP) is 3.75. The molecule has 2 heterocycles. The van der Waals surface area contributed by atoms with E-state index in [0.29, 0.717) is 12.4 Å². The summed E-state index contributed by atoms with van der Waals surface area (Å²) < 4.78 is 38.2. The molecule has 0 radical (unpaired) electrons. The number of nitrogens with zero attached hydrogens (tertiary/aromatic N) is 3. The minimum Gasteiger partial charge on any atom is -0.365 e. The highest BCUT2D eigenvalue weighted by Crippen LogP contribution is 2.30. The quantitative estimate of drug-likeness (QED) is 0.712. The van der Waals surface area contributed by atoms with Gasteiger partial charge in [0.1, 0.15) is 11.5 Å². The monoisotopic (exact) mass is 373 g/mol. The zero-order chi connectivity index (χ0) is 19.3. The summed E-state index contributed by atoms with van der Waals surface area (Å²) in [5.41, 5.74) is 0.165. The van der Waals surface area contributed by atoms with Gasteiger partial charge in [-0.25, -0.2) is 9.97 Å². The Bertz CT molecular complexity index is 914. The van der Waals surface area contributed by atoms with Crippen molar-refractivity contribution in [3.63, 3.8) is 0 Å². The number of anilines is 2. The van der Waals surface area contributed by atoms with Gasteiger partial charge < -0.3 is 10.6 Å². The Balaban J connectivity index is 1.62. The molecule has 0 aliphatic rings. The molecule has 0 saturated heterocycles. The van der Waals surface area contributed by atoms with E-state index in [4.69, 9.17) is 0 Å². The van der Waals surface area contributed by atoms with Gasteiger partial charge in [-0.15, -0.1) is 0 Å². The van der Waals surface area contributed by atoms with Gasteiger partial charge in [-0.2, -0.15) is 13.2 Å². The molecule has 0 bridgehead atoms. The van der Waals surface area contributed by atoms with Gasteiger partial charge in [0, 0.05) is 24.6 Å². The average Bonchev–Trinajstić information content (AvgIpc) is 2.67. The number of carbonyl (C=O) groups is 1. The third kappa shape index (κ3) is 5.00. The van der Waals surface area contributed by atoms with Crippen molar-refractivity contribution in [2.24, 2.45) is 0 Å². The summed E-state index contributed by atoms with van der Waals surface area (Å²) in [5, 5.41) is 5.42. The van der Waals surface area contributed by atoms with E-state index in [-0.39, 0.29) is 11.4 Å². The Morgan fingerprint density at radius 1 is 1.04 bits per heavy atom. The van der Waals surface area contributed by atoms with Crippen molar-refractivity contribution in [3.8, 4) is 0 Å². The van der Waals surface area contributed by atoms with Crippen LogP contribution in [-0.2, 0) is 12.7 Å². The second-order valence-electron chi connectivity index (χ2n) is 5.53. The Labute approximate surface area is 152 Å². The Kier molecular flexibility index (Phi) is 5.30. The summed E-state index contributed by atoms with van der Waals surface area (Å²) >= 11 is 0. The van der Waals surface area contributed by atoms with Gasteiger partial charge in [0.05, 0.1) is 18.0 Å². The molecule has 2 aromatic heterocycles. The van der Waals surface area contributed by atoms with Crippen molar-refractivity contribution in [2.45, 2.75) is 12.7 Å². The number of benzene rings is 1. The van der Waals surface area contributed by atoms with Gasteiger partial charge in [-0.3, -0.25) is 9.78 Å². The fraction of sp³-hybridized carbons (Fsp3) is 0.111. The van der Waals surface area contributed by atoms with E-state index in [0.717, 1.165) is 17.7 Å². The zero-order valence-electron chi connectivity index (χ0n) is 13.9. The van der Waals surface area contributed by atoms with Crippen LogP contribution < -0.4 is 10.6 Å². The van der Waals surface area contributed by atoms with Gasteiger partial charge in [-0.1, -0.05) is 6.07 Å². The molecule has 0 atom stereocenters. The lowest BCUT2D eigenvalue weighted by Crippen LogP contribution is -2.15. The molecule has 1 aromatic carbocycles. The molecule has 1 amide bonds. The van der Waals surface area contributed by atoms with Crippen LogP contribution in [0.2, 0.25) is 0 Å². The first-order chi connectivity index (χ1) is 12.9. The van der Waals surface area contributed by atoms with Crippen molar-refractivity contribution in [2.75, 3.05) is 10.6 Å². The van der Waals surface area contributed by atoms with Crippen LogP contribution in [0.5, 0.6) is 0 Å². The number of pyridine rings is 1. The molecule has 0 spiro atoms. The highest BCUT2D eigenvalue weighted by Gasteiger charge is 2.30. The van der Waals surface area contributed by atoms with Crippen LogP contribution in [0.15, 0.2) is 61.2 Å². The zero-order valence-corrected chi connectivity index (χ0v) is 13.9. The molecular weight excluding hydrogens is 359 g/mol. The smallest absolute Gasteiger partial charge is 0.365 e. The fourth-order valence-electron chi connectivity index (χ4n) is 2.20. The number of rotatable bonds is 5. The summed E-state index contributed by atoms with van der Waals surface area (Å²) in [5.74, 6) is -0.190. The minimum absolute atomic E-state index is 0.0122. The Morgan fingerprint density at radius 3 is 2.48 bits per heavy atom. The first-order valence-corrected chi connectivity index (χ1v) is 7.85. The second kappa shape index (κ2) is 7.81. The van der Waals surface area contributed by atoms with E-state index in [1.54, 1.807) is 12.4 Å². The van der Waals surface area contributed by atoms with Crippen LogP contribution in [0.25, 0.3) is 0 Å². The van der Waals surface area contributed by atoms with Crippen LogP contribution in [0, 0.1) is 0 Å². The second-order valence-corrected chi connectivity index (χ2v) is 5.53. The van der Waals surface area contributed by atoms with E-state index in [1.807, 2.05) is 12.1 Å². The van der Waals surface area contributed by atoms with E-state index >= 15 is 0 Å². The third-order valence-electron chi connectivity index (χ3n) is 3.56. The number of hydrogen-bond donors (Lipinski definition) is 2. The highest BCUT2D eigenvalue weighted by atomic mass is 19.4. The maximum atomic E-state index is 12.7. The first kappa shape index (κ1) is 18.3. The number of hydrogen-bond acceptors (Lipinski definition) is 5. The standard InChI is InChI=1S/C18H14F3N5O/c19-18(20,21)13-2-1-3-14(8-13)26-17(27)15-10-25-16(11-23-15)24-9-12-4-6-22-7-5-12/h1-8,10-11H,9H2,(H,24,25)(H,26,27). The molecule has 0 aliphatic carbocycles. The summed E-state index contributed by atoms with van der Waals surface area (Å²) in [6.45, 7) is 0.507. The van der Waals surface area contributed by atoms with Crippen molar-refractivity contribution >= 4 is 17.4 Å². The summed E-state index contributed by atoms with van der Waals surface area (Å²) in [6, 6.07) is 8.06. The summed E-state index contributed by atoms with van der Waals surface area (Å²) in [4.78, 5) is 24.1. The van der Waals surface area contributed by atoms with Crippen LogP contribution in [0.4, 0.5) is 24.7 Å². The van der Waals surface area contributed by atoms with Gasteiger partial charge in [0.2, 0.25) is 0 Å². The van der Waals surface area contributed by atoms with Crippen LogP contribution in [0.1, 0.15) is 21.6 Å². The number of halogens is 3. The number of aromatic nitrogens is 3. The SMILES string of the molecule is O=C(Nc1cccc(C(F)(F)F)c1)c1cnc(NCc2ccncc2)cn1. The Hall–Kier alpha value is -3.49. The van der Waals surface area contributed by atoms with Crippen LogP contribution in [0.3, 0.4) is 0 Å². The number of carbonyl (C=O) groups excluding carboxylic acids is 1. The lowest BCUT2D eigenvalue weighted by molar-refractivity contribution is -0.137. The molecule has 6 nitrogen and oxygen atoms in total.